The molecule has 5 nitrogen and oxygen atoms in total. The molecule has 86 valence electrons. The summed E-state index contributed by atoms with van der Waals surface area (Å²) in [6.07, 6.45) is -5.14. The molecule has 0 aromatic rings. The quantitative estimate of drug-likeness (QED) is 0.364. The van der Waals surface area contributed by atoms with Gasteiger partial charge < -0.3 is 25.5 Å². The molecule has 0 fully saturated rings. The third-order valence-electron chi connectivity index (χ3n) is 2.04. The van der Waals surface area contributed by atoms with E-state index in [2.05, 4.69) is 0 Å². The smallest absolute Gasteiger partial charge is 0.110 e. The van der Waals surface area contributed by atoms with Gasteiger partial charge >= 0.3 is 0 Å². The second-order valence-electron chi connectivity index (χ2n) is 3.93. The van der Waals surface area contributed by atoms with Gasteiger partial charge in [-0.15, -0.1) is 0 Å². The Morgan fingerprint density at radius 3 is 1.64 bits per heavy atom. The van der Waals surface area contributed by atoms with Crippen LogP contribution in [-0.2, 0) is 0 Å². The monoisotopic (exact) mass is 208 g/mol. The highest BCUT2D eigenvalue weighted by molar-refractivity contribution is 4.80. The van der Waals surface area contributed by atoms with Crippen LogP contribution >= 0.6 is 0 Å². The predicted octanol–water partition coefficient (Wildman–Crippen LogP) is -1.53. The molecule has 0 aliphatic rings. The largest absolute Gasteiger partial charge is 0.394 e. The van der Waals surface area contributed by atoms with E-state index in [9.17, 15) is 15.3 Å². The molecule has 0 saturated heterocycles. The molecule has 14 heavy (non-hydrogen) atoms. The first-order valence-corrected chi connectivity index (χ1v) is 4.73. The van der Waals surface area contributed by atoms with E-state index in [0.717, 1.165) is 0 Å². The molecule has 0 rings (SSSR count). The average Bonchev–Trinajstić information content (AvgIpc) is 2.13. The van der Waals surface area contributed by atoms with E-state index in [1.54, 1.807) is 0 Å². The first kappa shape index (κ1) is 13.8. The van der Waals surface area contributed by atoms with Crippen LogP contribution in [0, 0.1) is 5.92 Å². The Morgan fingerprint density at radius 2 is 1.29 bits per heavy atom. The summed E-state index contributed by atoms with van der Waals surface area (Å²) in [7, 11) is 0. The van der Waals surface area contributed by atoms with Gasteiger partial charge in [0.2, 0.25) is 0 Å². The van der Waals surface area contributed by atoms with Gasteiger partial charge in [0.05, 0.1) is 12.7 Å². The second kappa shape index (κ2) is 6.31. The molecule has 0 amide bonds. The Bertz CT molecular complexity index is 150. The van der Waals surface area contributed by atoms with Crippen molar-refractivity contribution in [3.63, 3.8) is 0 Å². The highest BCUT2D eigenvalue weighted by Crippen LogP contribution is 2.12. The first-order valence-electron chi connectivity index (χ1n) is 4.73. The third kappa shape index (κ3) is 4.34. The minimum absolute atomic E-state index is 0.179. The van der Waals surface area contributed by atoms with Crippen molar-refractivity contribution in [2.24, 2.45) is 5.92 Å². The van der Waals surface area contributed by atoms with E-state index in [0.29, 0.717) is 6.42 Å². The summed E-state index contributed by atoms with van der Waals surface area (Å²) in [6, 6.07) is 0. The van der Waals surface area contributed by atoms with Gasteiger partial charge in [0, 0.05) is 0 Å². The summed E-state index contributed by atoms with van der Waals surface area (Å²) in [5.74, 6) is 0.179. The lowest BCUT2D eigenvalue weighted by Crippen LogP contribution is -2.46. The summed E-state index contributed by atoms with van der Waals surface area (Å²) < 4.78 is 0. The minimum Gasteiger partial charge on any atom is -0.394 e. The van der Waals surface area contributed by atoms with E-state index in [1.165, 1.54) is 0 Å². The maximum absolute atomic E-state index is 9.40. The number of hydrogen-bond acceptors (Lipinski definition) is 5. The Balaban J connectivity index is 4.09. The zero-order chi connectivity index (χ0) is 11.3. The predicted molar refractivity (Wildman–Crippen MR) is 50.6 cm³/mol. The van der Waals surface area contributed by atoms with E-state index < -0.39 is 31.0 Å². The highest BCUT2D eigenvalue weighted by Gasteiger charge is 2.29. The van der Waals surface area contributed by atoms with Crippen molar-refractivity contribution in [3.05, 3.63) is 0 Å². The van der Waals surface area contributed by atoms with E-state index in [1.807, 2.05) is 13.8 Å². The zero-order valence-electron chi connectivity index (χ0n) is 8.54. The van der Waals surface area contributed by atoms with Gasteiger partial charge in [0.1, 0.15) is 18.3 Å². The fourth-order valence-electron chi connectivity index (χ4n) is 1.19. The lowest BCUT2D eigenvalue weighted by atomic mass is 9.96. The van der Waals surface area contributed by atoms with Gasteiger partial charge in [0.25, 0.3) is 0 Å². The molecule has 0 saturated carbocycles. The molecule has 0 aliphatic carbocycles. The zero-order valence-corrected chi connectivity index (χ0v) is 8.54. The molecule has 0 bridgehead atoms. The average molecular weight is 208 g/mol. The van der Waals surface area contributed by atoms with Crippen LogP contribution < -0.4 is 0 Å². The molecule has 0 heterocycles. The summed E-state index contributed by atoms with van der Waals surface area (Å²) in [5.41, 5.74) is 0. The van der Waals surface area contributed by atoms with Crippen LogP contribution in [0.4, 0.5) is 0 Å². The maximum atomic E-state index is 9.40. The molecule has 0 aromatic heterocycles. The molecule has 5 N–H and O–H groups in total. The molecule has 0 aromatic carbocycles. The van der Waals surface area contributed by atoms with Gasteiger partial charge in [-0.05, 0) is 12.3 Å². The van der Waals surface area contributed by atoms with E-state index in [-0.39, 0.29) is 5.92 Å². The van der Waals surface area contributed by atoms with Crippen LogP contribution in [0.15, 0.2) is 0 Å². The molecule has 5 heteroatoms. The minimum atomic E-state index is -1.52. The van der Waals surface area contributed by atoms with E-state index >= 15 is 0 Å². The molecular formula is C9H20O5. The van der Waals surface area contributed by atoms with Crippen LogP contribution in [0.25, 0.3) is 0 Å². The van der Waals surface area contributed by atoms with Gasteiger partial charge in [-0.3, -0.25) is 0 Å². The Labute approximate surface area is 83.6 Å². The van der Waals surface area contributed by atoms with Gasteiger partial charge in [0.15, 0.2) is 0 Å². The van der Waals surface area contributed by atoms with Crippen LogP contribution in [-0.4, -0.2) is 56.6 Å². The summed E-state index contributed by atoms with van der Waals surface area (Å²) in [5, 5.41) is 45.5. The van der Waals surface area contributed by atoms with Crippen LogP contribution in [0.2, 0.25) is 0 Å². The van der Waals surface area contributed by atoms with Crippen molar-refractivity contribution in [2.75, 3.05) is 6.61 Å². The molecule has 0 radical (unpaired) electrons. The summed E-state index contributed by atoms with van der Waals surface area (Å²) in [6.45, 7) is 3.09. The molecule has 2 unspecified atom stereocenters. The fourth-order valence-corrected chi connectivity index (χ4v) is 1.19. The van der Waals surface area contributed by atoms with Crippen molar-refractivity contribution in [1.82, 2.24) is 0 Å². The molecule has 0 spiro atoms. The molecular weight excluding hydrogens is 188 g/mol. The molecule has 0 aliphatic heterocycles. The fraction of sp³-hybridized carbons (Fsp3) is 1.00. The third-order valence-corrected chi connectivity index (χ3v) is 2.04. The van der Waals surface area contributed by atoms with E-state index in [4.69, 9.17) is 10.2 Å². The normalized spacial score (nSPS) is 20.6. The van der Waals surface area contributed by atoms with Gasteiger partial charge in [-0.1, -0.05) is 13.8 Å². The highest BCUT2D eigenvalue weighted by atomic mass is 16.4. The van der Waals surface area contributed by atoms with Gasteiger partial charge in [-0.2, -0.15) is 0 Å². The first-order chi connectivity index (χ1) is 6.40. The standard InChI is InChI=1S/C9H20O5/c1-5(2)3-6(11)8(13)9(14)7(12)4-10/h5-14H,3-4H2,1-2H3/t6-,7?,8?,9+/m0/s1. The summed E-state index contributed by atoms with van der Waals surface area (Å²) >= 11 is 0. The lowest BCUT2D eigenvalue weighted by Gasteiger charge is -2.26. The Kier molecular flexibility index (Phi) is 6.22. The number of aliphatic hydroxyl groups is 5. The van der Waals surface area contributed by atoms with Gasteiger partial charge in [-0.25, -0.2) is 0 Å². The lowest BCUT2D eigenvalue weighted by molar-refractivity contribution is -0.118. The second-order valence-corrected chi connectivity index (χ2v) is 3.93. The number of hydrogen-bond donors (Lipinski definition) is 5. The number of rotatable bonds is 6. The molecule has 4 atom stereocenters. The maximum Gasteiger partial charge on any atom is 0.110 e. The SMILES string of the molecule is CC(C)C[C@H](O)C(O)[C@H](O)C(O)CO. The summed E-state index contributed by atoms with van der Waals surface area (Å²) in [4.78, 5) is 0. The van der Waals surface area contributed by atoms with Crippen LogP contribution in [0.3, 0.4) is 0 Å². The van der Waals surface area contributed by atoms with Crippen molar-refractivity contribution in [1.29, 1.82) is 0 Å². The Morgan fingerprint density at radius 1 is 0.857 bits per heavy atom. The van der Waals surface area contributed by atoms with Crippen LogP contribution in [0.5, 0.6) is 0 Å². The topological polar surface area (TPSA) is 101 Å². The van der Waals surface area contributed by atoms with Crippen LogP contribution in [0.1, 0.15) is 20.3 Å². The number of aliphatic hydroxyl groups excluding tert-OH is 5. The van der Waals surface area contributed by atoms with Crippen molar-refractivity contribution in [3.8, 4) is 0 Å². The van der Waals surface area contributed by atoms with Crippen molar-refractivity contribution < 1.29 is 25.5 Å². The van der Waals surface area contributed by atoms with Crippen molar-refractivity contribution >= 4 is 0 Å². The Hall–Kier alpha value is -0.200. The van der Waals surface area contributed by atoms with Crippen molar-refractivity contribution in [2.45, 2.75) is 44.7 Å².